The minimum absolute atomic E-state index is 0.0187. The Morgan fingerprint density at radius 2 is 2.00 bits per heavy atom. The molecule has 26 heavy (non-hydrogen) atoms. The molecule has 0 radical (unpaired) electrons. The number of carbonyl (C=O) groups is 2. The number of methoxy groups -OCH3 is 1. The molecule has 0 saturated carbocycles. The van der Waals surface area contributed by atoms with Gasteiger partial charge in [-0.25, -0.2) is 4.79 Å². The number of urea groups is 1. The van der Waals surface area contributed by atoms with Gasteiger partial charge in [0.1, 0.15) is 5.75 Å². The minimum atomic E-state index is -0.482. The lowest BCUT2D eigenvalue weighted by Crippen LogP contribution is -2.43. The van der Waals surface area contributed by atoms with Crippen molar-refractivity contribution in [2.45, 2.75) is 30.6 Å². The summed E-state index contributed by atoms with van der Waals surface area (Å²) in [5.41, 5.74) is 0.859. The Bertz CT molecular complexity index is 736. The molecule has 10 heteroatoms. The van der Waals surface area contributed by atoms with E-state index in [1.807, 2.05) is 38.1 Å². The molecule has 0 bridgehead atoms. The van der Waals surface area contributed by atoms with Gasteiger partial charge in [-0.2, -0.15) is 0 Å². The second-order valence-electron chi connectivity index (χ2n) is 5.35. The molecule has 1 aromatic carbocycles. The highest BCUT2D eigenvalue weighted by atomic mass is 32.2. The van der Waals surface area contributed by atoms with E-state index in [1.165, 1.54) is 23.1 Å². The van der Waals surface area contributed by atoms with Crippen molar-refractivity contribution < 1.29 is 14.3 Å². The molecule has 0 spiro atoms. The van der Waals surface area contributed by atoms with Crippen molar-refractivity contribution in [3.63, 3.8) is 0 Å². The molecule has 2 aromatic rings. The van der Waals surface area contributed by atoms with Crippen LogP contribution in [0.2, 0.25) is 0 Å². The first-order valence-electron chi connectivity index (χ1n) is 7.98. The fourth-order valence-corrected chi connectivity index (χ4v) is 3.34. The van der Waals surface area contributed by atoms with Crippen LogP contribution in [0.4, 0.5) is 15.6 Å². The van der Waals surface area contributed by atoms with Crippen LogP contribution in [0.5, 0.6) is 5.75 Å². The monoisotopic (exact) mass is 395 g/mol. The molecule has 0 unspecified atom stereocenters. The maximum atomic E-state index is 11.8. The van der Waals surface area contributed by atoms with Crippen LogP contribution in [0.1, 0.15) is 20.3 Å². The predicted octanol–water partition coefficient (Wildman–Crippen LogP) is 3.01. The molecule has 140 valence electrons. The highest BCUT2D eigenvalue weighted by Crippen LogP contribution is 2.28. The number of hydrogen-bond donors (Lipinski definition) is 3. The molecule has 1 aromatic heterocycles. The highest BCUT2D eigenvalue weighted by molar-refractivity contribution is 8.01. The number of benzene rings is 1. The quantitative estimate of drug-likeness (QED) is 0.590. The number of hydrogen-bond acceptors (Lipinski definition) is 8. The first-order valence-corrected chi connectivity index (χ1v) is 9.78. The van der Waals surface area contributed by atoms with Gasteiger partial charge < -0.3 is 15.4 Å². The van der Waals surface area contributed by atoms with E-state index in [1.54, 1.807) is 7.11 Å². The minimum Gasteiger partial charge on any atom is -0.497 e. The Morgan fingerprint density at radius 3 is 2.65 bits per heavy atom. The number of imide groups is 1. The topological polar surface area (TPSA) is 105 Å². The van der Waals surface area contributed by atoms with Crippen molar-refractivity contribution >= 4 is 45.9 Å². The Morgan fingerprint density at radius 1 is 1.27 bits per heavy atom. The van der Waals surface area contributed by atoms with Crippen LogP contribution in [0.3, 0.4) is 0 Å². The molecular weight excluding hydrogens is 374 g/mol. The Kier molecular flexibility index (Phi) is 7.67. The van der Waals surface area contributed by atoms with Crippen LogP contribution in [0.15, 0.2) is 28.6 Å². The smallest absolute Gasteiger partial charge is 0.321 e. The summed E-state index contributed by atoms with van der Waals surface area (Å²) < 4.78 is 5.75. The standard InChI is InChI=1S/C16H21N5O3S2/c1-4-10(2)17-14(23)19-13(22)9-25-16-21-20-15(26-16)18-11-5-7-12(24-3)8-6-11/h5-8,10H,4,9H2,1-3H3,(H,18,20)(H2,17,19,22,23)/t10-/m1/s1. The third kappa shape index (κ3) is 6.52. The van der Waals surface area contributed by atoms with Crippen LogP contribution in [0.25, 0.3) is 0 Å². The maximum Gasteiger partial charge on any atom is 0.321 e. The van der Waals surface area contributed by atoms with Gasteiger partial charge >= 0.3 is 6.03 Å². The number of amides is 3. The van der Waals surface area contributed by atoms with Crippen LogP contribution >= 0.6 is 23.1 Å². The SMILES string of the molecule is CC[C@@H](C)NC(=O)NC(=O)CSc1nnc(Nc2ccc(OC)cc2)s1. The number of anilines is 2. The van der Waals surface area contributed by atoms with E-state index in [0.29, 0.717) is 9.47 Å². The van der Waals surface area contributed by atoms with Crippen LogP contribution < -0.4 is 20.7 Å². The van der Waals surface area contributed by atoms with E-state index in [0.717, 1.165) is 17.9 Å². The van der Waals surface area contributed by atoms with Crippen LogP contribution in [-0.2, 0) is 4.79 Å². The molecule has 0 saturated heterocycles. The second-order valence-corrected chi connectivity index (χ2v) is 7.55. The molecule has 0 aliphatic heterocycles. The Hall–Kier alpha value is -2.33. The van der Waals surface area contributed by atoms with Crippen molar-refractivity contribution in [1.82, 2.24) is 20.8 Å². The van der Waals surface area contributed by atoms with Gasteiger partial charge in [-0.15, -0.1) is 10.2 Å². The van der Waals surface area contributed by atoms with Crippen molar-refractivity contribution in [3.8, 4) is 5.75 Å². The molecule has 0 fully saturated rings. The second kappa shape index (κ2) is 9.97. The van der Waals surface area contributed by atoms with Gasteiger partial charge in [0.05, 0.1) is 12.9 Å². The molecule has 3 amide bonds. The van der Waals surface area contributed by atoms with Crippen molar-refractivity contribution in [2.75, 3.05) is 18.2 Å². The number of thioether (sulfide) groups is 1. The Labute approximate surface area is 160 Å². The van der Waals surface area contributed by atoms with E-state index in [4.69, 9.17) is 4.74 Å². The lowest BCUT2D eigenvalue weighted by atomic mass is 10.3. The lowest BCUT2D eigenvalue weighted by molar-refractivity contribution is -0.117. The predicted molar refractivity (Wildman–Crippen MR) is 103 cm³/mol. The van der Waals surface area contributed by atoms with E-state index >= 15 is 0 Å². The summed E-state index contributed by atoms with van der Waals surface area (Å²) in [4.78, 5) is 23.4. The third-order valence-electron chi connectivity index (χ3n) is 3.32. The average molecular weight is 396 g/mol. The van der Waals surface area contributed by atoms with Gasteiger partial charge in [-0.3, -0.25) is 10.1 Å². The zero-order valence-corrected chi connectivity index (χ0v) is 16.4. The lowest BCUT2D eigenvalue weighted by Gasteiger charge is -2.11. The van der Waals surface area contributed by atoms with E-state index in [2.05, 4.69) is 26.1 Å². The van der Waals surface area contributed by atoms with E-state index < -0.39 is 6.03 Å². The molecule has 3 N–H and O–H groups in total. The number of ether oxygens (including phenoxy) is 1. The zero-order chi connectivity index (χ0) is 18.9. The van der Waals surface area contributed by atoms with Gasteiger partial charge in [0.2, 0.25) is 11.0 Å². The summed E-state index contributed by atoms with van der Waals surface area (Å²) in [6, 6.07) is 6.96. The first kappa shape index (κ1) is 20.0. The van der Waals surface area contributed by atoms with Gasteiger partial charge in [0.15, 0.2) is 4.34 Å². The number of nitrogens with one attached hydrogen (secondary N) is 3. The first-order chi connectivity index (χ1) is 12.5. The average Bonchev–Trinajstić information content (AvgIpc) is 3.07. The Balaban J connectivity index is 1.78. The number of rotatable bonds is 8. The van der Waals surface area contributed by atoms with Crippen molar-refractivity contribution in [2.24, 2.45) is 0 Å². The number of aromatic nitrogens is 2. The van der Waals surface area contributed by atoms with Gasteiger partial charge in [0.25, 0.3) is 0 Å². The van der Waals surface area contributed by atoms with Crippen LogP contribution in [0, 0.1) is 0 Å². The van der Waals surface area contributed by atoms with E-state index in [9.17, 15) is 9.59 Å². The molecule has 0 aliphatic carbocycles. The molecule has 8 nitrogen and oxygen atoms in total. The molecule has 2 rings (SSSR count). The highest BCUT2D eigenvalue weighted by Gasteiger charge is 2.12. The van der Waals surface area contributed by atoms with Gasteiger partial charge in [-0.05, 0) is 37.6 Å². The van der Waals surface area contributed by atoms with E-state index in [-0.39, 0.29) is 17.7 Å². The maximum absolute atomic E-state index is 11.8. The molecule has 1 atom stereocenters. The summed E-state index contributed by atoms with van der Waals surface area (Å²) in [6.45, 7) is 3.83. The molecule has 0 aliphatic rings. The summed E-state index contributed by atoms with van der Waals surface area (Å²) in [6.07, 6.45) is 0.797. The summed E-state index contributed by atoms with van der Waals surface area (Å²) in [5.74, 6) is 0.480. The molecule has 1 heterocycles. The molecular formula is C16H21N5O3S2. The van der Waals surface area contributed by atoms with Crippen LogP contribution in [-0.4, -0.2) is 41.0 Å². The zero-order valence-electron chi connectivity index (χ0n) is 14.7. The fraction of sp³-hybridized carbons (Fsp3) is 0.375. The summed E-state index contributed by atoms with van der Waals surface area (Å²) in [7, 11) is 1.61. The summed E-state index contributed by atoms with van der Waals surface area (Å²) >= 11 is 2.56. The van der Waals surface area contributed by atoms with Crippen molar-refractivity contribution in [1.29, 1.82) is 0 Å². The summed E-state index contributed by atoms with van der Waals surface area (Å²) in [5, 5.41) is 16.8. The number of carbonyl (C=O) groups excluding carboxylic acids is 2. The normalized spacial score (nSPS) is 11.5. The van der Waals surface area contributed by atoms with Crippen molar-refractivity contribution in [3.05, 3.63) is 24.3 Å². The van der Waals surface area contributed by atoms with Gasteiger partial charge in [0, 0.05) is 11.7 Å². The largest absolute Gasteiger partial charge is 0.497 e. The van der Waals surface area contributed by atoms with Gasteiger partial charge in [-0.1, -0.05) is 30.0 Å². The fourth-order valence-electron chi connectivity index (χ4n) is 1.77. The third-order valence-corrected chi connectivity index (χ3v) is 5.29. The number of nitrogens with zero attached hydrogens (tertiary/aromatic N) is 2.